The number of furan rings is 1. The molecule has 0 aliphatic rings. The second kappa shape index (κ2) is 8.74. The Morgan fingerprint density at radius 2 is 1.80 bits per heavy atom. The summed E-state index contributed by atoms with van der Waals surface area (Å²) in [5, 5.41) is -0.0405. The number of esters is 1. The standard InChI is InChI=1S/C19H26O4SSi/c1-14(24-15-10-7-6-8-11-15)17(19(20)21-2)18(23-25(3,4)5)16-12-9-13-22-16/h6-14,17-18H,1-5H3/t14-,17+,18-/m0/s1. The predicted octanol–water partition coefficient (Wildman–Crippen LogP) is 5.14. The van der Waals surface area contributed by atoms with E-state index < -0.39 is 20.3 Å². The highest BCUT2D eigenvalue weighted by Crippen LogP contribution is 2.39. The second-order valence-corrected chi connectivity index (χ2v) is 12.8. The quantitative estimate of drug-likeness (QED) is 0.361. The van der Waals surface area contributed by atoms with Gasteiger partial charge in [-0.1, -0.05) is 25.1 Å². The van der Waals surface area contributed by atoms with Gasteiger partial charge in [-0.15, -0.1) is 11.8 Å². The van der Waals surface area contributed by atoms with Crippen LogP contribution in [0.15, 0.2) is 58.0 Å². The van der Waals surface area contributed by atoms with E-state index in [1.807, 2.05) is 49.4 Å². The zero-order valence-corrected chi connectivity index (χ0v) is 17.2. The van der Waals surface area contributed by atoms with Gasteiger partial charge >= 0.3 is 5.97 Å². The van der Waals surface area contributed by atoms with E-state index >= 15 is 0 Å². The Morgan fingerprint density at radius 3 is 2.32 bits per heavy atom. The lowest BCUT2D eigenvalue weighted by Crippen LogP contribution is -2.38. The zero-order chi connectivity index (χ0) is 18.4. The minimum absolute atomic E-state index is 0.0405. The van der Waals surface area contributed by atoms with Gasteiger partial charge in [0.15, 0.2) is 8.32 Å². The predicted molar refractivity (Wildman–Crippen MR) is 103 cm³/mol. The van der Waals surface area contributed by atoms with Crippen molar-refractivity contribution < 1.29 is 18.4 Å². The monoisotopic (exact) mass is 378 g/mol. The zero-order valence-electron chi connectivity index (χ0n) is 15.4. The number of hydrogen-bond acceptors (Lipinski definition) is 5. The first-order valence-electron chi connectivity index (χ1n) is 8.32. The molecule has 0 amide bonds. The van der Waals surface area contributed by atoms with Gasteiger partial charge in [0.25, 0.3) is 0 Å². The molecular formula is C19H26O4SSi. The SMILES string of the molecule is COC(=O)[C@H]([C@H](C)Sc1ccccc1)[C@@H](O[Si](C)(C)C)c1ccco1. The van der Waals surface area contributed by atoms with E-state index in [0.717, 1.165) is 4.90 Å². The first-order valence-corrected chi connectivity index (χ1v) is 12.6. The second-order valence-electron chi connectivity index (χ2n) is 6.85. The van der Waals surface area contributed by atoms with Crippen molar-refractivity contribution in [2.45, 2.75) is 42.8 Å². The number of carbonyl (C=O) groups is 1. The van der Waals surface area contributed by atoms with Crippen LogP contribution in [-0.4, -0.2) is 26.6 Å². The van der Waals surface area contributed by atoms with Crippen molar-refractivity contribution >= 4 is 26.0 Å². The third kappa shape index (κ3) is 5.76. The molecule has 1 aromatic heterocycles. The fourth-order valence-corrected chi connectivity index (χ4v) is 4.80. The first kappa shape index (κ1) is 19.8. The number of carbonyl (C=O) groups excluding carboxylic acids is 1. The van der Waals surface area contributed by atoms with Gasteiger partial charge in [0.05, 0.1) is 13.4 Å². The minimum atomic E-state index is -1.91. The number of hydrogen-bond donors (Lipinski definition) is 0. The van der Waals surface area contributed by atoms with Gasteiger partial charge in [-0.05, 0) is 43.9 Å². The van der Waals surface area contributed by atoms with Gasteiger partial charge in [0.2, 0.25) is 0 Å². The van der Waals surface area contributed by atoms with Crippen molar-refractivity contribution in [2.75, 3.05) is 7.11 Å². The summed E-state index contributed by atoms with van der Waals surface area (Å²) in [6.07, 6.45) is 1.15. The Hall–Kier alpha value is -1.50. The van der Waals surface area contributed by atoms with Crippen LogP contribution in [0.2, 0.25) is 19.6 Å². The molecule has 2 aromatic rings. The fourth-order valence-electron chi connectivity index (χ4n) is 2.63. The van der Waals surface area contributed by atoms with Gasteiger partial charge in [-0.2, -0.15) is 0 Å². The molecule has 0 fully saturated rings. The van der Waals surface area contributed by atoms with Crippen LogP contribution in [0.5, 0.6) is 0 Å². The minimum Gasteiger partial charge on any atom is -0.469 e. The van der Waals surface area contributed by atoms with E-state index in [1.165, 1.54) is 7.11 Å². The molecule has 136 valence electrons. The highest BCUT2D eigenvalue weighted by Gasteiger charge is 2.40. The Labute approximate surface area is 155 Å². The van der Waals surface area contributed by atoms with Crippen LogP contribution < -0.4 is 0 Å². The van der Waals surface area contributed by atoms with E-state index in [-0.39, 0.29) is 11.2 Å². The van der Waals surface area contributed by atoms with Crippen molar-refractivity contribution in [1.82, 2.24) is 0 Å². The molecule has 0 saturated carbocycles. The van der Waals surface area contributed by atoms with Crippen LogP contribution in [0.4, 0.5) is 0 Å². The highest BCUT2D eigenvalue weighted by atomic mass is 32.2. The molecule has 1 heterocycles. The molecule has 0 N–H and O–H groups in total. The summed E-state index contributed by atoms with van der Waals surface area (Å²) in [6.45, 7) is 8.34. The molecule has 4 nitrogen and oxygen atoms in total. The van der Waals surface area contributed by atoms with E-state index in [1.54, 1.807) is 18.0 Å². The molecule has 0 aliphatic heterocycles. The molecule has 2 rings (SSSR count). The lowest BCUT2D eigenvalue weighted by molar-refractivity contribution is -0.149. The lowest BCUT2D eigenvalue weighted by atomic mass is 9.97. The fraction of sp³-hybridized carbons (Fsp3) is 0.421. The maximum absolute atomic E-state index is 12.6. The molecule has 3 atom stereocenters. The topological polar surface area (TPSA) is 48.7 Å². The summed E-state index contributed by atoms with van der Waals surface area (Å²) in [5.41, 5.74) is 0. The highest BCUT2D eigenvalue weighted by molar-refractivity contribution is 8.00. The average Bonchev–Trinajstić information content (AvgIpc) is 3.08. The summed E-state index contributed by atoms with van der Waals surface area (Å²) in [6, 6.07) is 13.7. The molecule has 1 aromatic carbocycles. The summed E-state index contributed by atoms with van der Waals surface area (Å²) >= 11 is 1.64. The molecule has 0 saturated heterocycles. The van der Waals surface area contributed by atoms with Gasteiger partial charge < -0.3 is 13.6 Å². The Balaban J connectivity index is 2.33. The van der Waals surface area contributed by atoms with Crippen LogP contribution in [0.3, 0.4) is 0 Å². The normalized spacial score (nSPS) is 15.4. The van der Waals surface area contributed by atoms with Crippen LogP contribution in [-0.2, 0) is 14.0 Å². The Morgan fingerprint density at radius 1 is 1.12 bits per heavy atom. The van der Waals surface area contributed by atoms with Crippen LogP contribution >= 0.6 is 11.8 Å². The Bertz CT molecular complexity index is 652. The van der Waals surface area contributed by atoms with Gasteiger partial charge in [0.1, 0.15) is 17.8 Å². The van der Waals surface area contributed by atoms with Crippen molar-refractivity contribution in [3.8, 4) is 0 Å². The molecule has 0 spiro atoms. The van der Waals surface area contributed by atoms with Gasteiger partial charge in [0, 0.05) is 10.1 Å². The number of ether oxygens (including phenoxy) is 1. The van der Waals surface area contributed by atoms with E-state index in [2.05, 4.69) is 19.6 Å². The molecular weight excluding hydrogens is 352 g/mol. The van der Waals surface area contributed by atoms with Crippen LogP contribution in [0.1, 0.15) is 18.8 Å². The number of benzene rings is 1. The average molecular weight is 379 g/mol. The van der Waals surface area contributed by atoms with E-state index in [9.17, 15) is 4.79 Å². The summed E-state index contributed by atoms with van der Waals surface area (Å²) < 4.78 is 17.1. The van der Waals surface area contributed by atoms with E-state index in [0.29, 0.717) is 5.76 Å². The van der Waals surface area contributed by atoms with Gasteiger partial charge in [-0.25, -0.2) is 0 Å². The molecule has 0 bridgehead atoms. The number of thioether (sulfide) groups is 1. The number of rotatable bonds is 8. The maximum Gasteiger partial charge on any atom is 0.312 e. The molecule has 25 heavy (non-hydrogen) atoms. The van der Waals surface area contributed by atoms with Gasteiger partial charge in [-0.3, -0.25) is 4.79 Å². The first-order chi connectivity index (χ1) is 11.8. The maximum atomic E-state index is 12.6. The molecule has 0 unspecified atom stereocenters. The van der Waals surface area contributed by atoms with Crippen LogP contribution in [0, 0.1) is 5.92 Å². The van der Waals surface area contributed by atoms with Crippen LogP contribution in [0.25, 0.3) is 0 Å². The van der Waals surface area contributed by atoms with Crippen molar-refractivity contribution in [3.05, 3.63) is 54.5 Å². The molecule has 0 radical (unpaired) electrons. The third-order valence-corrected chi connectivity index (χ3v) is 5.84. The van der Waals surface area contributed by atoms with Crippen molar-refractivity contribution in [2.24, 2.45) is 5.92 Å². The smallest absolute Gasteiger partial charge is 0.312 e. The largest absolute Gasteiger partial charge is 0.469 e. The Kier molecular flexibility index (Phi) is 6.92. The number of methoxy groups -OCH3 is 1. The molecule has 6 heteroatoms. The molecule has 0 aliphatic carbocycles. The third-order valence-electron chi connectivity index (χ3n) is 3.67. The van der Waals surface area contributed by atoms with Crippen molar-refractivity contribution in [1.29, 1.82) is 0 Å². The summed E-state index contributed by atoms with van der Waals surface area (Å²) in [4.78, 5) is 13.7. The van der Waals surface area contributed by atoms with E-state index in [4.69, 9.17) is 13.6 Å². The summed E-state index contributed by atoms with van der Waals surface area (Å²) in [5.74, 6) is -0.0815. The lowest BCUT2D eigenvalue weighted by Gasteiger charge is -2.32. The summed E-state index contributed by atoms with van der Waals surface area (Å²) in [7, 11) is -0.493. The van der Waals surface area contributed by atoms with Crippen molar-refractivity contribution in [3.63, 3.8) is 0 Å².